The number of hydrogen-bond donors (Lipinski definition) is 1. The molecule has 0 saturated carbocycles. The SMILES string of the molecule is Cc1cccc(F)c1NCCF. The molecule has 66 valence electrons. The van der Waals surface area contributed by atoms with Crippen LogP contribution in [0.15, 0.2) is 18.2 Å². The van der Waals surface area contributed by atoms with E-state index in [0.29, 0.717) is 5.69 Å². The highest BCUT2D eigenvalue weighted by atomic mass is 19.1. The van der Waals surface area contributed by atoms with Gasteiger partial charge < -0.3 is 5.32 Å². The second-order valence-electron chi connectivity index (χ2n) is 2.55. The lowest BCUT2D eigenvalue weighted by molar-refractivity contribution is 0.511. The highest BCUT2D eigenvalue weighted by Crippen LogP contribution is 2.17. The molecule has 1 rings (SSSR count). The maximum absolute atomic E-state index is 13.0. The fraction of sp³-hybridized carbons (Fsp3) is 0.333. The Balaban J connectivity index is 2.81. The van der Waals surface area contributed by atoms with Crippen LogP contribution in [0.5, 0.6) is 0 Å². The highest BCUT2D eigenvalue weighted by molar-refractivity contribution is 5.51. The Kier molecular flexibility index (Phi) is 3.02. The van der Waals surface area contributed by atoms with Crippen molar-refractivity contribution in [3.8, 4) is 0 Å². The van der Waals surface area contributed by atoms with Crippen LogP contribution < -0.4 is 5.32 Å². The van der Waals surface area contributed by atoms with Crippen LogP contribution in [0, 0.1) is 12.7 Å². The maximum atomic E-state index is 13.0. The zero-order valence-corrected chi connectivity index (χ0v) is 6.90. The molecule has 0 aliphatic heterocycles. The second kappa shape index (κ2) is 4.04. The summed E-state index contributed by atoms with van der Waals surface area (Å²) in [5.41, 5.74) is 1.19. The Morgan fingerprint density at radius 1 is 1.42 bits per heavy atom. The molecule has 0 atom stereocenters. The standard InChI is InChI=1S/C9H11F2N/c1-7-3-2-4-8(11)9(7)12-6-5-10/h2-4,12H,5-6H2,1H3. The molecule has 1 nitrogen and oxygen atoms in total. The zero-order valence-electron chi connectivity index (χ0n) is 6.90. The van der Waals surface area contributed by atoms with E-state index >= 15 is 0 Å². The number of hydrogen-bond acceptors (Lipinski definition) is 1. The number of rotatable bonds is 3. The molecule has 0 spiro atoms. The Labute approximate surface area is 70.4 Å². The van der Waals surface area contributed by atoms with E-state index in [2.05, 4.69) is 5.32 Å². The third-order valence-electron chi connectivity index (χ3n) is 1.62. The van der Waals surface area contributed by atoms with Crippen molar-refractivity contribution < 1.29 is 8.78 Å². The van der Waals surface area contributed by atoms with E-state index < -0.39 is 6.67 Å². The van der Waals surface area contributed by atoms with Crippen LogP contribution in [-0.4, -0.2) is 13.2 Å². The van der Waals surface area contributed by atoms with Gasteiger partial charge in [0.1, 0.15) is 12.5 Å². The average Bonchev–Trinajstić information content (AvgIpc) is 2.04. The van der Waals surface area contributed by atoms with Gasteiger partial charge in [-0.25, -0.2) is 8.78 Å². The van der Waals surface area contributed by atoms with Crippen molar-refractivity contribution in [2.75, 3.05) is 18.5 Å². The fourth-order valence-electron chi connectivity index (χ4n) is 1.03. The normalized spacial score (nSPS) is 9.92. The molecule has 1 aromatic carbocycles. The largest absolute Gasteiger partial charge is 0.380 e. The first-order valence-electron chi connectivity index (χ1n) is 3.80. The number of para-hydroxylation sites is 1. The molecule has 3 heteroatoms. The summed E-state index contributed by atoms with van der Waals surface area (Å²) in [6, 6.07) is 4.77. The summed E-state index contributed by atoms with van der Waals surface area (Å²) in [6.07, 6.45) is 0. The van der Waals surface area contributed by atoms with Crippen molar-refractivity contribution in [3.63, 3.8) is 0 Å². The summed E-state index contributed by atoms with van der Waals surface area (Å²) in [4.78, 5) is 0. The van der Waals surface area contributed by atoms with Gasteiger partial charge in [-0.05, 0) is 18.6 Å². The van der Waals surface area contributed by atoms with Gasteiger partial charge in [0.15, 0.2) is 0 Å². The first kappa shape index (κ1) is 8.97. The van der Waals surface area contributed by atoms with Crippen molar-refractivity contribution >= 4 is 5.69 Å². The number of halogens is 2. The smallest absolute Gasteiger partial charge is 0.146 e. The summed E-state index contributed by atoms with van der Waals surface area (Å²) in [5.74, 6) is -0.330. The second-order valence-corrected chi connectivity index (χ2v) is 2.55. The molecule has 1 aromatic rings. The van der Waals surface area contributed by atoms with Gasteiger partial charge in [-0.2, -0.15) is 0 Å². The van der Waals surface area contributed by atoms with Gasteiger partial charge in [-0.15, -0.1) is 0 Å². The third-order valence-corrected chi connectivity index (χ3v) is 1.62. The van der Waals surface area contributed by atoms with Crippen molar-refractivity contribution in [3.05, 3.63) is 29.6 Å². The maximum Gasteiger partial charge on any atom is 0.146 e. The molecule has 0 saturated heterocycles. The summed E-state index contributed by atoms with van der Waals surface area (Å²) in [6.45, 7) is 1.44. The van der Waals surface area contributed by atoms with Crippen molar-refractivity contribution in [2.24, 2.45) is 0 Å². The number of nitrogens with one attached hydrogen (secondary N) is 1. The molecule has 0 heterocycles. The van der Waals surface area contributed by atoms with Gasteiger partial charge in [0.25, 0.3) is 0 Å². The van der Waals surface area contributed by atoms with Crippen molar-refractivity contribution in [1.29, 1.82) is 0 Å². The molecular weight excluding hydrogens is 160 g/mol. The van der Waals surface area contributed by atoms with Gasteiger partial charge in [0.05, 0.1) is 5.69 Å². The van der Waals surface area contributed by atoms with E-state index in [1.54, 1.807) is 19.1 Å². The summed E-state index contributed by atoms with van der Waals surface area (Å²) < 4.78 is 24.7. The van der Waals surface area contributed by atoms with E-state index in [0.717, 1.165) is 5.56 Å². The first-order chi connectivity index (χ1) is 5.75. The highest BCUT2D eigenvalue weighted by Gasteiger charge is 2.02. The number of benzene rings is 1. The molecule has 0 unspecified atom stereocenters. The number of aryl methyl sites for hydroxylation is 1. The van der Waals surface area contributed by atoms with E-state index in [9.17, 15) is 8.78 Å². The minimum absolute atomic E-state index is 0.155. The molecule has 0 radical (unpaired) electrons. The molecule has 0 aromatic heterocycles. The van der Waals surface area contributed by atoms with E-state index in [-0.39, 0.29) is 12.4 Å². The first-order valence-corrected chi connectivity index (χ1v) is 3.80. The molecular formula is C9H11F2N. The monoisotopic (exact) mass is 171 g/mol. The lowest BCUT2D eigenvalue weighted by Gasteiger charge is -2.07. The Bertz CT molecular complexity index is 240. The quantitative estimate of drug-likeness (QED) is 0.736. The molecule has 0 bridgehead atoms. The lowest BCUT2D eigenvalue weighted by atomic mass is 10.2. The molecule has 0 amide bonds. The third kappa shape index (κ3) is 1.94. The van der Waals surface area contributed by atoms with Crippen molar-refractivity contribution in [2.45, 2.75) is 6.92 Å². The van der Waals surface area contributed by atoms with Crippen LogP contribution in [0.1, 0.15) is 5.56 Å². The molecule has 12 heavy (non-hydrogen) atoms. The molecule has 0 fully saturated rings. The topological polar surface area (TPSA) is 12.0 Å². The van der Waals surface area contributed by atoms with E-state index in [1.807, 2.05) is 0 Å². The predicted molar refractivity (Wildman–Crippen MR) is 45.6 cm³/mol. The minimum Gasteiger partial charge on any atom is -0.380 e. The zero-order chi connectivity index (χ0) is 8.97. The number of alkyl halides is 1. The molecule has 0 aliphatic carbocycles. The van der Waals surface area contributed by atoms with Gasteiger partial charge >= 0.3 is 0 Å². The molecule has 0 aliphatic rings. The summed E-state index contributed by atoms with van der Waals surface area (Å²) in [5, 5.41) is 2.68. The van der Waals surface area contributed by atoms with Crippen LogP contribution in [0.25, 0.3) is 0 Å². The Morgan fingerprint density at radius 3 is 2.75 bits per heavy atom. The predicted octanol–water partition coefficient (Wildman–Crippen LogP) is 2.52. The van der Waals surface area contributed by atoms with Gasteiger partial charge in [0.2, 0.25) is 0 Å². The van der Waals surface area contributed by atoms with Gasteiger partial charge in [0, 0.05) is 6.54 Å². The Morgan fingerprint density at radius 2 is 2.17 bits per heavy atom. The van der Waals surface area contributed by atoms with Crippen LogP contribution in [-0.2, 0) is 0 Å². The van der Waals surface area contributed by atoms with Crippen molar-refractivity contribution in [1.82, 2.24) is 0 Å². The average molecular weight is 171 g/mol. The number of anilines is 1. The van der Waals surface area contributed by atoms with Gasteiger partial charge in [-0.3, -0.25) is 0 Å². The van der Waals surface area contributed by atoms with Crippen LogP contribution >= 0.6 is 0 Å². The van der Waals surface area contributed by atoms with E-state index in [4.69, 9.17) is 0 Å². The van der Waals surface area contributed by atoms with Crippen LogP contribution in [0.2, 0.25) is 0 Å². The summed E-state index contributed by atoms with van der Waals surface area (Å²) in [7, 11) is 0. The van der Waals surface area contributed by atoms with E-state index in [1.165, 1.54) is 6.07 Å². The van der Waals surface area contributed by atoms with Gasteiger partial charge in [-0.1, -0.05) is 12.1 Å². The Hall–Kier alpha value is -1.12. The van der Waals surface area contributed by atoms with Crippen LogP contribution in [0.4, 0.5) is 14.5 Å². The minimum atomic E-state index is -0.492. The summed E-state index contributed by atoms with van der Waals surface area (Å²) >= 11 is 0. The lowest BCUT2D eigenvalue weighted by Crippen LogP contribution is -2.06. The molecule has 1 N–H and O–H groups in total. The van der Waals surface area contributed by atoms with Crippen LogP contribution in [0.3, 0.4) is 0 Å². The fourth-order valence-corrected chi connectivity index (χ4v) is 1.03.